The van der Waals surface area contributed by atoms with Crippen LogP contribution in [0, 0.1) is 13.8 Å². The number of rotatable bonds is 11. The fourth-order valence-corrected chi connectivity index (χ4v) is 5.67. The molecule has 0 bridgehead atoms. The molecule has 0 radical (unpaired) electrons. The van der Waals surface area contributed by atoms with Crippen molar-refractivity contribution in [3.8, 4) is 0 Å². The predicted molar refractivity (Wildman–Crippen MR) is 156 cm³/mol. The first kappa shape index (κ1) is 30.2. The molecule has 2 amide bonds. The molecule has 0 aliphatic carbocycles. The number of amides is 2. The van der Waals surface area contributed by atoms with Crippen LogP contribution in [0.3, 0.4) is 0 Å². The van der Waals surface area contributed by atoms with Crippen LogP contribution < -0.4 is 9.62 Å². The van der Waals surface area contributed by atoms with E-state index in [4.69, 9.17) is 11.6 Å². The van der Waals surface area contributed by atoms with E-state index in [0.717, 1.165) is 21.9 Å². The highest BCUT2D eigenvalue weighted by Gasteiger charge is 2.33. The van der Waals surface area contributed by atoms with Crippen molar-refractivity contribution in [1.29, 1.82) is 0 Å². The van der Waals surface area contributed by atoms with Gasteiger partial charge in [0, 0.05) is 17.6 Å². The van der Waals surface area contributed by atoms with Crippen molar-refractivity contribution in [1.82, 2.24) is 10.2 Å². The Labute approximate surface area is 236 Å². The Morgan fingerprint density at radius 3 is 2.21 bits per heavy atom. The molecular formula is C30H36ClN3O4S. The third-order valence-electron chi connectivity index (χ3n) is 6.69. The molecule has 7 nitrogen and oxygen atoms in total. The van der Waals surface area contributed by atoms with E-state index in [0.29, 0.717) is 16.3 Å². The standard InChI is InChI=1S/C30H36ClN3O4S/c1-6-23(4)32-30(36)24(5)33(19-25-10-8-7-9-11-25)29(35)20-34(28-18-26(31)15-14-22(28)3)39(37,38)27-16-12-21(2)13-17-27/h7-18,23-24H,6,19-20H2,1-5H3,(H,32,36). The molecule has 0 spiro atoms. The molecule has 208 valence electrons. The Bertz CT molecular complexity index is 1400. The van der Waals surface area contributed by atoms with Crippen LogP contribution >= 0.6 is 11.6 Å². The van der Waals surface area contributed by atoms with E-state index in [9.17, 15) is 18.0 Å². The van der Waals surface area contributed by atoms with Crippen molar-refractivity contribution < 1.29 is 18.0 Å². The summed E-state index contributed by atoms with van der Waals surface area (Å²) in [6.07, 6.45) is 0.738. The molecule has 3 aromatic rings. The molecule has 3 aromatic carbocycles. The molecule has 2 unspecified atom stereocenters. The van der Waals surface area contributed by atoms with Crippen molar-refractivity contribution in [2.24, 2.45) is 0 Å². The molecule has 9 heteroatoms. The van der Waals surface area contributed by atoms with Gasteiger partial charge in [0.1, 0.15) is 12.6 Å². The summed E-state index contributed by atoms with van der Waals surface area (Å²) < 4.78 is 29.0. The number of sulfonamides is 1. The van der Waals surface area contributed by atoms with E-state index in [2.05, 4.69) is 5.32 Å². The molecular weight excluding hydrogens is 534 g/mol. The summed E-state index contributed by atoms with van der Waals surface area (Å²) in [7, 11) is -4.15. The molecule has 0 fully saturated rings. The lowest BCUT2D eigenvalue weighted by Gasteiger charge is -2.33. The van der Waals surface area contributed by atoms with Gasteiger partial charge in [-0.3, -0.25) is 13.9 Å². The van der Waals surface area contributed by atoms with E-state index < -0.39 is 28.5 Å². The second-order valence-corrected chi connectivity index (χ2v) is 12.1. The van der Waals surface area contributed by atoms with Gasteiger partial charge < -0.3 is 10.2 Å². The molecule has 0 saturated heterocycles. The fraction of sp³-hybridized carbons (Fsp3) is 0.333. The van der Waals surface area contributed by atoms with Gasteiger partial charge in [-0.15, -0.1) is 0 Å². The van der Waals surface area contributed by atoms with Gasteiger partial charge in [-0.05, 0) is 69.5 Å². The number of nitrogens with zero attached hydrogens (tertiary/aromatic N) is 2. The molecule has 0 saturated carbocycles. The van der Waals surface area contributed by atoms with Crippen LogP contribution in [0.25, 0.3) is 0 Å². The van der Waals surface area contributed by atoms with Gasteiger partial charge in [0.25, 0.3) is 10.0 Å². The highest BCUT2D eigenvalue weighted by molar-refractivity contribution is 7.92. The van der Waals surface area contributed by atoms with E-state index >= 15 is 0 Å². The average molecular weight is 570 g/mol. The predicted octanol–water partition coefficient (Wildman–Crippen LogP) is 5.48. The van der Waals surface area contributed by atoms with Gasteiger partial charge in [-0.2, -0.15) is 0 Å². The zero-order valence-corrected chi connectivity index (χ0v) is 24.6. The Kier molecular flexibility index (Phi) is 10.2. The van der Waals surface area contributed by atoms with Crippen LogP contribution in [0.2, 0.25) is 5.02 Å². The van der Waals surface area contributed by atoms with Crippen LogP contribution in [0.4, 0.5) is 5.69 Å². The number of carbonyl (C=O) groups excluding carboxylic acids is 2. The maximum absolute atomic E-state index is 14.0. The van der Waals surface area contributed by atoms with Crippen LogP contribution in [-0.4, -0.2) is 43.8 Å². The number of halogens is 1. The zero-order valence-electron chi connectivity index (χ0n) is 23.0. The third-order valence-corrected chi connectivity index (χ3v) is 8.70. The van der Waals surface area contributed by atoms with Crippen LogP contribution in [0.1, 0.15) is 43.9 Å². The molecule has 3 rings (SSSR count). The quantitative estimate of drug-likeness (QED) is 0.331. The van der Waals surface area contributed by atoms with Crippen molar-refractivity contribution in [2.45, 2.75) is 64.6 Å². The zero-order chi connectivity index (χ0) is 28.7. The van der Waals surface area contributed by atoms with Gasteiger partial charge >= 0.3 is 0 Å². The van der Waals surface area contributed by atoms with Crippen LogP contribution in [0.15, 0.2) is 77.7 Å². The fourth-order valence-electron chi connectivity index (χ4n) is 4.03. The Morgan fingerprint density at radius 1 is 0.949 bits per heavy atom. The van der Waals surface area contributed by atoms with Crippen molar-refractivity contribution in [3.05, 3.63) is 94.5 Å². The van der Waals surface area contributed by atoms with E-state index in [1.54, 1.807) is 38.1 Å². The second-order valence-electron chi connectivity index (χ2n) is 9.76. The molecule has 1 N–H and O–H groups in total. The summed E-state index contributed by atoms with van der Waals surface area (Å²) >= 11 is 6.27. The van der Waals surface area contributed by atoms with Gasteiger partial charge in [0.15, 0.2) is 0 Å². The first-order valence-electron chi connectivity index (χ1n) is 12.9. The number of hydrogen-bond acceptors (Lipinski definition) is 4. The lowest BCUT2D eigenvalue weighted by atomic mass is 10.1. The first-order valence-corrected chi connectivity index (χ1v) is 14.7. The van der Waals surface area contributed by atoms with E-state index in [1.165, 1.54) is 23.1 Å². The number of anilines is 1. The summed E-state index contributed by atoms with van der Waals surface area (Å²) in [6.45, 7) is 8.77. The highest BCUT2D eigenvalue weighted by Crippen LogP contribution is 2.30. The lowest BCUT2D eigenvalue weighted by molar-refractivity contribution is -0.139. The summed E-state index contributed by atoms with van der Waals surface area (Å²) in [6, 6.07) is 19.8. The monoisotopic (exact) mass is 569 g/mol. The van der Waals surface area contributed by atoms with Crippen molar-refractivity contribution in [3.63, 3.8) is 0 Å². The van der Waals surface area contributed by atoms with Gasteiger partial charge in [-0.25, -0.2) is 8.42 Å². The minimum absolute atomic E-state index is 0.0532. The normalized spacial score (nSPS) is 12.9. The van der Waals surface area contributed by atoms with Crippen molar-refractivity contribution >= 4 is 39.1 Å². The summed E-state index contributed by atoms with van der Waals surface area (Å²) in [5.74, 6) is -0.818. The SMILES string of the molecule is CCC(C)NC(=O)C(C)N(Cc1ccccc1)C(=O)CN(c1cc(Cl)ccc1C)S(=O)(=O)c1ccc(C)cc1. The summed E-state index contributed by atoms with van der Waals surface area (Å²) in [5.41, 5.74) is 2.67. The minimum Gasteiger partial charge on any atom is -0.352 e. The minimum atomic E-state index is -4.15. The second kappa shape index (κ2) is 13.1. The number of benzene rings is 3. The van der Waals surface area contributed by atoms with E-state index in [1.807, 2.05) is 51.1 Å². The van der Waals surface area contributed by atoms with Crippen molar-refractivity contribution in [2.75, 3.05) is 10.8 Å². The summed E-state index contributed by atoms with van der Waals surface area (Å²) in [5, 5.41) is 3.27. The molecule has 0 aliphatic heterocycles. The molecule has 0 heterocycles. The number of nitrogens with one attached hydrogen (secondary N) is 1. The molecule has 39 heavy (non-hydrogen) atoms. The smallest absolute Gasteiger partial charge is 0.264 e. The Hall–Kier alpha value is -3.36. The highest BCUT2D eigenvalue weighted by atomic mass is 35.5. The van der Waals surface area contributed by atoms with Gasteiger partial charge in [0.05, 0.1) is 10.6 Å². The Morgan fingerprint density at radius 2 is 1.59 bits per heavy atom. The maximum atomic E-state index is 14.0. The van der Waals surface area contributed by atoms with Gasteiger partial charge in [0.2, 0.25) is 11.8 Å². The number of aryl methyl sites for hydroxylation is 2. The summed E-state index contributed by atoms with van der Waals surface area (Å²) in [4.78, 5) is 28.5. The molecule has 0 aromatic heterocycles. The molecule has 2 atom stereocenters. The molecule has 0 aliphatic rings. The lowest BCUT2D eigenvalue weighted by Crippen LogP contribution is -2.52. The number of carbonyl (C=O) groups is 2. The number of hydrogen-bond donors (Lipinski definition) is 1. The van der Waals surface area contributed by atoms with Gasteiger partial charge in [-0.1, -0.05) is 72.6 Å². The Balaban J connectivity index is 2.05. The topological polar surface area (TPSA) is 86.8 Å². The maximum Gasteiger partial charge on any atom is 0.264 e. The van der Waals surface area contributed by atoms with E-state index in [-0.39, 0.29) is 23.4 Å². The van der Waals surface area contributed by atoms with Crippen LogP contribution in [-0.2, 0) is 26.2 Å². The largest absolute Gasteiger partial charge is 0.352 e. The van der Waals surface area contributed by atoms with Crippen LogP contribution in [0.5, 0.6) is 0 Å². The average Bonchev–Trinajstić information content (AvgIpc) is 2.91. The first-order chi connectivity index (χ1) is 18.4. The third kappa shape index (κ3) is 7.61.